The summed E-state index contributed by atoms with van der Waals surface area (Å²) in [6.45, 7) is 7.43. The Morgan fingerprint density at radius 3 is 1.56 bits per heavy atom. The van der Waals surface area contributed by atoms with E-state index in [2.05, 4.69) is 11.9 Å². The Labute approximate surface area is 367 Å². The van der Waals surface area contributed by atoms with Gasteiger partial charge >= 0.3 is 11.9 Å². The van der Waals surface area contributed by atoms with Crippen molar-refractivity contribution in [2.75, 3.05) is 6.61 Å². The molecule has 1 fully saturated rings. The molecule has 1 heterocycles. The van der Waals surface area contributed by atoms with E-state index < -0.39 is 54.1 Å². The van der Waals surface area contributed by atoms with Gasteiger partial charge in [0.25, 0.3) is 5.91 Å². The van der Waals surface area contributed by atoms with Gasteiger partial charge in [0.2, 0.25) is 5.91 Å². The topological polar surface area (TPSA) is 120 Å². The van der Waals surface area contributed by atoms with E-state index in [1.54, 1.807) is 38.1 Å². The first-order chi connectivity index (χ1) is 30.7. The van der Waals surface area contributed by atoms with Gasteiger partial charge in [-0.3, -0.25) is 19.3 Å². The second-order valence-corrected chi connectivity index (χ2v) is 15.1. The largest absolute Gasteiger partial charge is 0.489 e. The van der Waals surface area contributed by atoms with Crippen molar-refractivity contribution in [3.8, 4) is 5.75 Å². The molecule has 1 N–H and O–H groups in total. The summed E-state index contributed by atoms with van der Waals surface area (Å²) in [4.78, 5) is 58.8. The highest BCUT2D eigenvalue weighted by Gasteiger charge is 2.54. The summed E-state index contributed by atoms with van der Waals surface area (Å²) < 4.78 is 24.5. The maximum Gasteiger partial charge on any atom is 0.356 e. The van der Waals surface area contributed by atoms with Gasteiger partial charge in [0.15, 0.2) is 30.4 Å². The van der Waals surface area contributed by atoms with Crippen LogP contribution in [0.1, 0.15) is 65.4 Å². The van der Waals surface area contributed by atoms with Gasteiger partial charge in [-0.05, 0) is 64.9 Å². The van der Waals surface area contributed by atoms with Crippen molar-refractivity contribution in [2.45, 2.75) is 50.8 Å². The van der Waals surface area contributed by atoms with Gasteiger partial charge < -0.3 is 24.3 Å². The number of nitrogens with one attached hydrogen (secondary N) is 1. The molecule has 1 saturated heterocycles. The van der Waals surface area contributed by atoms with Gasteiger partial charge in [-0.2, -0.15) is 0 Å². The molecule has 6 aromatic carbocycles. The third kappa shape index (κ3) is 10.5. The van der Waals surface area contributed by atoms with Crippen LogP contribution in [0.5, 0.6) is 5.75 Å². The van der Waals surface area contributed by atoms with Crippen molar-refractivity contribution in [1.29, 1.82) is 0 Å². The molecule has 0 spiro atoms. The molecule has 0 radical (unpaired) electrons. The van der Waals surface area contributed by atoms with Crippen LogP contribution in [0.2, 0.25) is 0 Å². The normalized spacial score (nSPS) is 14.9. The van der Waals surface area contributed by atoms with Crippen molar-refractivity contribution in [2.24, 2.45) is 0 Å². The molecule has 2 amide bonds. The lowest BCUT2D eigenvalue weighted by atomic mass is 9.95. The van der Waals surface area contributed by atoms with Gasteiger partial charge in [0.05, 0.1) is 6.61 Å². The van der Waals surface area contributed by atoms with Crippen molar-refractivity contribution in [3.63, 3.8) is 0 Å². The van der Waals surface area contributed by atoms with Gasteiger partial charge in [-0.25, -0.2) is 4.79 Å². The van der Waals surface area contributed by atoms with Gasteiger partial charge in [-0.1, -0.05) is 170 Å². The lowest BCUT2D eigenvalue weighted by molar-refractivity contribution is -0.181. The summed E-state index contributed by atoms with van der Waals surface area (Å²) in [5.74, 6) is -4.07. The van der Waals surface area contributed by atoms with Crippen LogP contribution in [-0.2, 0) is 40.0 Å². The number of hydrogen-bond acceptors (Lipinski definition) is 8. The lowest BCUT2D eigenvalue weighted by Crippen LogP contribution is -2.72. The van der Waals surface area contributed by atoms with Crippen LogP contribution in [0.25, 0.3) is 0 Å². The fourth-order valence-electron chi connectivity index (χ4n) is 7.36. The smallest absolute Gasteiger partial charge is 0.356 e. The Bertz CT molecular complexity index is 2430. The van der Waals surface area contributed by atoms with Gasteiger partial charge in [0, 0.05) is 0 Å². The number of nitrogens with zero attached hydrogens (tertiary/aromatic N) is 1. The maximum absolute atomic E-state index is 14.6. The number of carbonyl (C=O) groups is 4. The number of esters is 2. The summed E-state index contributed by atoms with van der Waals surface area (Å²) in [5.41, 5.74) is 4.59. The zero-order valence-electron chi connectivity index (χ0n) is 35.0. The number of rotatable bonds is 18. The molecule has 3 unspecified atom stereocenters. The van der Waals surface area contributed by atoms with E-state index in [0.29, 0.717) is 34.6 Å². The lowest BCUT2D eigenvalue weighted by Gasteiger charge is -2.47. The predicted molar refractivity (Wildman–Crippen MR) is 239 cm³/mol. The molecule has 3 atom stereocenters. The molecule has 0 bridgehead atoms. The second-order valence-electron chi connectivity index (χ2n) is 15.1. The minimum atomic E-state index is -1.53. The Morgan fingerprint density at radius 2 is 1.10 bits per heavy atom. The number of ether oxygens (including phenoxy) is 4. The number of amides is 2. The Balaban J connectivity index is 1.17. The Hall–Kier alpha value is -7.56. The standard InChI is InChI=1S/C53H48N2O8/c1-4-34-60-51-45(50(57)55(51)46(36(2)3)53(59)63-48(41-26-16-8-17-27-41)42-28-18-9-19-29-42)54-49(56)44(38-30-32-43(33-31-38)61-35-37-20-10-5-11-21-37)52(58)62-47(39-22-12-6-13-23-39)40-24-14-7-15-25-40/h4-33,44-45,47-48,51H,1,34-35H2,2-3H3,(H,54,56). The molecular weight excluding hydrogens is 793 g/mol. The third-order valence-corrected chi connectivity index (χ3v) is 10.5. The van der Waals surface area contributed by atoms with Crippen LogP contribution >= 0.6 is 0 Å². The number of hydrogen-bond donors (Lipinski definition) is 1. The predicted octanol–water partition coefficient (Wildman–Crippen LogP) is 9.16. The van der Waals surface area contributed by atoms with Crippen LogP contribution in [-0.4, -0.2) is 47.5 Å². The van der Waals surface area contributed by atoms with Gasteiger partial charge in [0.1, 0.15) is 18.1 Å². The van der Waals surface area contributed by atoms with E-state index in [1.807, 2.05) is 152 Å². The van der Waals surface area contributed by atoms with Crippen molar-refractivity contribution in [1.82, 2.24) is 10.2 Å². The minimum absolute atomic E-state index is 0.0195. The highest BCUT2D eigenvalue weighted by atomic mass is 16.6. The van der Waals surface area contributed by atoms with Crippen LogP contribution in [0.4, 0.5) is 0 Å². The van der Waals surface area contributed by atoms with Crippen LogP contribution < -0.4 is 10.1 Å². The number of allylic oxidation sites excluding steroid dienone is 1. The average Bonchev–Trinajstić information content (AvgIpc) is 3.32. The summed E-state index contributed by atoms with van der Waals surface area (Å²) in [7, 11) is 0. The highest BCUT2D eigenvalue weighted by molar-refractivity contribution is 6.07. The van der Waals surface area contributed by atoms with Crippen LogP contribution in [0.15, 0.2) is 200 Å². The molecular formula is C53H48N2O8. The number of β-lactam (4-membered cyclic amide) rings is 1. The van der Waals surface area contributed by atoms with E-state index in [9.17, 15) is 19.2 Å². The molecule has 0 aromatic heterocycles. The summed E-state index contributed by atoms with van der Waals surface area (Å²) >= 11 is 0. The SMILES string of the molecule is C=CCOC1C(NC(=O)C(C(=O)OC(c2ccccc2)c2ccccc2)c2ccc(OCc3ccccc3)cc2)C(=O)N1C(C(=O)OC(c1ccccc1)c1ccccc1)=C(C)C. The molecule has 10 heteroatoms. The first-order valence-electron chi connectivity index (χ1n) is 20.6. The zero-order chi connectivity index (χ0) is 44.1. The van der Waals surface area contributed by atoms with E-state index in [1.165, 1.54) is 11.0 Å². The molecule has 0 saturated carbocycles. The maximum atomic E-state index is 14.6. The Kier molecular flexibility index (Phi) is 14.4. The average molecular weight is 841 g/mol. The van der Waals surface area contributed by atoms with Crippen LogP contribution in [0.3, 0.4) is 0 Å². The molecule has 10 nitrogen and oxygen atoms in total. The fourth-order valence-corrected chi connectivity index (χ4v) is 7.36. The van der Waals surface area contributed by atoms with Crippen molar-refractivity contribution in [3.05, 3.63) is 233 Å². The summed E-state index contributed by atoms with van der Waals surface area (Å²) in [6, 6.07) is 52.0. The van der Waals surface area contributed by atoms with E-state index >= 15 is 0 Å². The third-order valence-electron chi connectivity index (χ3n) is 10.5. The monoisotopic (exact) mass is 840 g/mol. The molecule has 0 aliphatic carbocycles. The number of likely N-dealkylation sites (tertiary alicyclic amines) is 1. The molecule has 6 aromatic rings. The molecule has 318 valence electrons. The van der Waals surface area contributed by atoms with E-state index in [-0.39, 0.29) is 12.3 Å². The van der Waals surface area contributed by atoms with Crippen LogP contribution in [0, 0.1) is 0 Å². The highest BCUT2D eigenvalue weighted by Crippen LogP contribution is 2.35. The molecule has 63 heavy (non-hydrogen) atoms. The quantitative estimate of drug-likeness (QED) is 0.0299. The fraction of sp³-hybridized carbons (Fsp3) is 0.170. The summed E-state index contributed by atoms with van der Waals surface area (Å²) in [6.07, 6.45) is -1.30. The molecule has 7 rings (SSSR count). The van der Waals surface area contributed by atoms with E-state index in [4.69, 9.17) is 18.9 Å². The van der Waals surface area contributed by atoms with Gasteiger partial charge in [-0.15, -0.1) is 6.58 Å². The summed E-state index contributed by atoms with van der Waals surface area (Å²) in [5, 5.41) is 2.78. The van der Waals surface area contributed by atoms with E-state index in [0.717, 1.165) is 16.7 Å². The second kappa shape index (κ2) is 20.8. The number of benzene rings is 6. The first-order valence-corrected chi connectivity index (χ1v) is 20.6. The minimum Gasteiger partial charge on any atom is -0.489 e. The zero-order valence-corrected chi connectivity index (χ0v) is 35.0. The number of carbonyl (C=O) groups excluding carboxylic acids is 4. The first kappa shape index (κ1) is 43.5. The van der Waals surface area contributed by atoms with Crippen molar-refractivity contribution < 1.29 is 38.1 Å². The molecule has 1 aliphatic heterocycles. The van der Waals surface area contributed by atoms with Crippen molar-refractivity contribution >= 4 is 23.8 Å². The Morgan fingerprint density at radius 1 is 0.635 bits per heavy atom. The molecule has 1 aliphatic rings.